The summed E-state index contributed by atoms with van der Waals surface area (Å²) in [5.74, 6) is 0.0413. The van der Waals surface area contributed by atoms with E-state index in [0.29, 0.717) is 17.1 Å². The van der Waals surface area contributed by atoms with E-state index in [-0.39, 0.29) is 22.3 Å². The highest BCUT2D eigenvalue weighted by molar-refractivity contribution is 7.91. The number of benzene rings is 4. The maximum absolute atomic E-state index is 14.3. The molecule has 1 fully saturated rings. The summed E-state index contributed by atoms with van der Waals surface area (Å²) in [6, 6.07) is 27.7. The van der Waals surface area contributed by atoms with Crippen molar-refractivity contribution in [2.24, 2.45) is 0 Å². The van der Waals surface area contributed by atoms with E-state index in [0.717, 1.165) is 32.5 Å². The second kappa shape index (κ2) is 9.57. The first-order valence-corrected chi connectivity index (χ1v) is 15.5. The number of aryl methyl sites for hydroxylation is 1. The molecule has 2 atom stereocenters. The molecule has 0 spiro atoms. The standard InChI is InChI=1S/C34H29N3O5S/c1-21-12-16-23(17-13-21)43(40,41)24-18-14-22(15-19-24)37-32(38)34(2)31-30(26-9-4-6-10-28(26)35-31)27(20-36(34)33(37)39)25-8-5-7-11-29(25)42-3/h4-19,27,35H,20H2,1-3H3/t27-,34-/m0/s1. The van der Waals surface area contributed by atoms with Crippen molar-refractivity contribution in [2.45, 2.75) is 35.1 Å². The van der Waals surface area contributed by atoms with Crippen LogP contribution in [-0.4, -0.2) is 43.9 Å². The van der Waals surface area contributed by atoms with Gasteiger partial charge in [-0.15, -0.1) is 0 Å². The van der Waals surface area contributed by atoms with Gasteiger partial charge in [-0.05, 0) is 67.9 Å². The molecule has 2 aliphatic rings. The number of carbonyl (C=O) groups excluding carboxylic acids is 2. The van der Waals surface area contributed by atoms with E-state index < -0.39 is 27.3 Å². The Kier molecular flexibility index (Phi) is 6.00. The molecule has 1 saturated heterocycles. The van der Waals surface area contributed by atoms with E-state index in [1.54, 1.807) is 43.2 Å². The smallest absolute Gasteiger partial charge is 0.332 e. The summed E-state index contributed by atoms with van der Waals surface area (Å²) in [6.07, 6.45) is 0. The number of hydrogen-bond acceptors (Lipinski definition) is 5. The number of imide groups is 1. The summed E-state index contributed by atoms with van der Waals surface area (Å²) in [6.45, 7) is 3.92. The minimum atomic E-state index is -3.77. The summed E-state index contributed by atoms with van der Waals surface area (Å²) < 4.78 is 32.2. The van der Waals surface area contributed by atoms with Gasteiger partial charge in [0.25, 0.3) is 5.91 Å². The average molecular weight is 592 g/mol. The molecule has 3 amide bonds. The van der Waals surface area contributed by atoms with Crippen LogP contribution in [0.1, 0.15) is 35.2 Å². The van der Waals surface area contributed by atoms with Crippen LogP contribution in [0.25, 0.3) is 10.9 Å². The molecule has 0 aliphatic carbocycles. The number of para-hydroxylation sites is 2. The summed E-state index contributed by atoms with van der Waals surface area (Å²) in [4.78, 5) is 34.9. The van der Waals surface area contributed by atoms with Gasteiger partial charge in [-0.2, -0.15) is 0 Å². The number of nitrogens with zero attached hydrogens (tertiary/aromatic N) is 2. The first kappa shape index (κ1) is 27.0. The maximum atomic E-state index is 14.3. The van der Waals surface area contributed by atoms with Crippen LogP contribution in [0.3, 0.4) is 0 Å². The van der Waals surface area contributed by atoms with Gasteiger partial charge in [0.15, 0.2) is 5.54 Å². The highest BCUT2D eigenvalue weighted by Gasteiger charge is 2.60. The van der Waals surface area contributed by atoms with Crippen LogP contribution in [0.2, 0.25) is 0 Å². The Hall–Kier alpha value is -4.89. The van der Waals surface area contributed by atoms with Gasteiger partial charge in [0.05, 0.1) is 28.3 Å². The molecule has 2 aliphatic heterocycles. The molecular formula is C34H29N3O5S. The van der Waals surface area contributed by atoms with Gasteiger partial charge in [-0.25, -0.2) is 18.1 Å². The molecule has 0 saturated carbocycles. The van der Waals surface area contributed by atoms with Gasteiger partial charge in [0.2, 0.25) is 9.84 Å². The first-order chi connectivity index (χ1) is 20.7. The number of amides is 3. The highest BCUT2D eigenvalue weighted by atomic mass is 32.2. The number of anilines is 1. The topological polar surface area (TPSA) is 99.8 Å². The second-order valence-electron chi connectivity index (χ2n) is 11.2. The Morgan fingerprint density at radius 2 is 1.49 bits per heavy atom. The molecule has 9 heteroatoms. The molecule has 5 aromatic rings. The van der Waals surface area contributed by atoms with Crippen LogP contribution < -0.4 is 9.64 Å². The largest absolute Gasteiger partial charge is 0.496 e. The fourth-order valence-electron chi connectivity index (χ4n) is 6.48. The molecule has 3 heterocycles. The van der Waals surface area contributed by atoms with E-state index in [1.165, 1.54) is 24.3 Å². The van der Waals surface area contributed by atoms with E-state index in [2.05, 4.69) is 4.98 Å². The molecule has 7 rings (SSSR count). The summed E-state index contributed by atoms with van der Waals surface area (Å²) in [5, 5.41) is 0.985. The number of methoxy groups -OCH3 is 1. The number of hydrogen-bond donors (Lipinski definition) is 1. The van der Waals surface area contributed by atoms with Gasteiger partial charge in [0, 0.05) is 28.9 Å². The molecule has 0 radical (unpaired) electrons. The molecule has 43 heavy (non-hydrogen) atoms. The van der Waals surface area contributed by atoms with Gasteiger partial charge in [0.1, 0.15) is 5.75 Å². The number of fused-ring (bicyclic) bond motifs is 5. The lowest BCUT2D eigenvalue weighted by atomic mass is 9.78. The number of urea groups is 1. The van der Waals surface area contributed by atoms with Crippen molar-refractivity contribution in [1.29, 1.82) is 0 Å². The second-order valence-corrected chi connectivity index (χ2v) is 13.1. The minimum absolute atomic E-state index is 0.0808. The van der Waals surface area contributed by atoms with Crippen LogP contribution in [0.15, 0.2) is 107 Å². The zero-order valence-corrected chi connectivity index (χ0v) is 24.7. The number of H-pyrrole nitrogens is 1. The molecule has 216 valence electrons. The van der Waals surface area contributed by atoms with Crippen LogP contribution in [-0.2, 0) is 20.2 Å². The average Bonchev–Trinajstić information content (AvgIpc) is 3.50. The van der Waals surface area contributed by atoms with Crippen molar-refractivity contribution in [3.05, 3.63) is 119 Å². The van der Waals surface area contributed by atoms with Crippen molar-refractivity contribution in [3.8, 4) is 5.75 Å². The minimum Gasteiger partial charge on any atom is -0.496 e. The zero-order valence-electron chi connectivity index (χ0n) is 23.9. The summed E-state index contributed by atoms with van der Waals surface area (Å²) in [5.41, 5.74) is 3.38. The summed E-state index contributed by atoms with van der Waals surface area (Å²) >= 11 is 0. The Morgan fingerprint density at radius 3 is 2.19 bits per heavy atom. The number of carbonyl (C=O) groups is 2. The van der Waals surface area contributed by atoms with Crippen LogP contribution in [0.5, 0.6) is 5.75 Å². The fourth-order valence-corrected chi connectivity index (χ4v) is 7.74. The Bertz CT molecular complexity index is 2030. The predicted octanol–water partition coefficient (Wildman–Crippen LogP) is 6.15. The van der Waals surface area contributed by atoms with Crippen molar-refractivity contribution in [1.82, 2.24) is 9.88 Å². The Morgan fingerprint density at radius 1 is 0.860 bits per heavy atom. The lowest BCUT2D eigenvalue weighted by Gasteiger charge is -2.40. The summed E-state index contributed by atoms with van der Waals surface area (Å²) in [7, 11) is -2.15. The number of sulfone groups is 1. The van der Waals surface area contributed by atoms with Crippen LogP contribution >= 0.6 is 0 Å². The zero-order chi connectivity index (χ0) is 30.1. The molecular weight excluding hydrogens is 562 g/mol. The van der Waals surface area contributed by atoms with Crippen molar-refractivity contribution in [3.63, 3.8) is 0 Å². The van der Waals surface area contributed by atoms with E-state index in [4.69, 9.17) is 4.74 Å². The van der Waals surface area contributed by atoms with Crippen molar-refractivity contribution in [2.75, 3.05) is 18.6 Å². The van der Waals surface area contributed by atoms with Gasteiger partial charge < -0.3 is 14.6 Å². The molecule has 4 aromatic carbocycles. The fraction of sp³-hybridized carbons (Fsp3) is 0.176. The monoisotopic (exact) mass is 591 g/mol. The number of aromatic nitrogens is 1. The van der Waals surface area contributed by atoms with E-state index in [9.17, 15) is 18.0 Å². The highest BCUT2D eigenvalue weighted by Crippen LogP contribution is 2.51. The third kappa shape index (κ3) is 3.84. The third-order valence-electron chi connectivity index (χ3n) is 8.78. The maximum Gasteiger partial charge on any atom is 0.332 e. The number of ether oxygens (including phenoxy) is 1. The van der Waals surface area contributed by atoms with E-state index in [1.807, 2.05) is 55.5 Å². The van der Waals surface area contributed by atoms with Gasteiger partial charge in [-0.1, -0.05) is 54.1 Å². The molecule has 1 aromatic heterocycles. The van der Waals surface area contributed by atoms with Gasteiger partial charge >= 0.3 is 6.03 Å². The Balaban J connectivity index is 1.32. The van der Waals surface area contributed by atoms with Crippen molar-refractivity contribution >= 4 is 38.4 Å². The SMILES string of the molecule is COc1ccccc1[C@@H]1CN2C(=O)N(c3ccc(S(=O)(=O)c4ccc(C)cc4)cc3)C(=O)[C@]2(C)c2[nH]c3ccccc3c21. The quantitative estimate of drug-likeness (QED) is 0.247. The lowest BCUT2D eigenvalue weighted by molar-refractivity contribution is -0.125. The molecule has 1 N–H and O–H groups in total. The third-order valence-corrected chi connectivity index (χ3v) is 10.6. The van der Waals surface area contributed by atoms with Crippen LogP contribution in [0, 0.1) is 6.92 Å². The predicted molar refractivity (Wildman–Crippen MR) is 163 cm³/mol. The number of rotatable bonds is 5. The van der Waals surface area contributed by atoms with Crippen LogP contribution in [0.4, 0.5) is 10.5 Å². The number of nitrogens with one attached hydrogen (secondary N) is 1. The van der Waals surface area contributed by atoms with Crippen molar-refractivity contribution < 1.29 is 22.7 Å². The van der Waals surface area contributed by atoms with Gasteiger partial charge in [-0.3, -0.25) is 4.79 Å². The molecule has 0 bridgehead atoms. The normalized spacial score (nSPS) is 19.9. The molecule has 0 unspecified atom stereocenters. The lowest BCUT2D eigenvalue weighted by Crippen LogP contribution is -2.50. The Labute approximate surface area is 249 Å². The number of aromatic amines is 1. The first-order valence-electron chi connectivity index (χ1n) is 14.0. The van der Waals surface area contributed by atoms with E-state index >= 15 is 0 Å². The molecule has 8 nitrogen and oxygen atoms in total.